The highest BCUT2D eigenvalue weighted by Gasteiger charge is 2.52. The Hall–Kier alpha value is -2.18. The van der Waals surface area contributed by atoms with Crippen molar-refractivity contribution in [2.45, 2.75) is 50.0 Å². The van der Waals surface area contributed by atoms with E-state index in [1.54, 1.807) is 24.2 Å². The molecule has 2 aromatic rings. The van der Waals surface area contributed by atoms with Gasteiger partial charge in [0.1, 0.15) is 0 Å². The lowest BCUT2D eigenvalue weighted by molar-refractivity contribution is -0.0824. The van der Waals surface area contributed by atoms with Gasteiger partial charge < -0.3 is 14.7 Å². The molecule has 1 saturated carbocycles. The molecule has 0 bridgehead atoms. The highest BCUT2D eigenvalue weighted by molar-refractivity contribution is 5.94. The molecular weight excluding hydrogens is 330 g/mol. The number of rotatable bonds is 4. The van der Waals surface area contributed by atoms with E-state index in [-0.39, 0.29) is 23.7 Å². The van der Waals surface area contributed by atoms with Crippen LogP contribution in [0.2, 0.25) is 0 Å². The van der Waals surface area contributed by atoms with Crippen molar-refractivity contribution in [1.29, 1.82) is 0 Å². The Morgan fingerprint density at radius 1 is 1.35 bits per heavy atom. The molecule has 26 heavy (non-hydrogen) atoms. The number of aliphatic hydroxyl groups is 1. The number of aromatic nitrogens is 2. The van der Waals surface area contributed by atoms with Crippen molar-refractivity contribution < 1.29 is 14.6 Å². The van der Waals surface area contributed by atoms with Crippen molar-refractivity contribution in [2.24, 2.45) is 0 Å². The van der Waals surface area contributed by atoms with Crippen LogP contribution >= 0.6 is 0 Å². The maximum Gasteiger partial charge on any atom is 0.257 e. The van der Waals surface area contributed by atoms with Crippen LogP contribution in [0.4, 0.5) is 0 Å². The molecule has 2 aliphatic rings. The van der Waals surface area contributed by atoms with Crippen LogP contribution in [-0.2, 0) is 11.3 Å². The second kappa shape index (κ2) is 6.85. The van der Waals surface area contributed by atoms with Gasteiger partial charge in [-0.2, -0.15) is 5.10 Å². The van der Waals surface area contributed by atoms with Crippen molar-refractivity contribution in [3.05, 3.63) is 53.9 Å². The Balaban J connectivity index is 1.51. The number of aliphatic hydroxyl groups excluding tert-OH is 1. The first-order valence-corrected chi connectivity index (χ1v) is 9.22. The number of carbonyl (C=O) groups is 1. The largest absolute Gasteiger partial charge is 0.393 e. The van der Waals surface area contributed by atoms with Crippen LogP contribution in [0.5, 0.6) is 0 Å². The van der Waals surface area contributed by atoms with Crippen LogP contribution in [0.1, 0.15) is 41.6 Å². The Labute approximate surface area is 153 Å². The van der Waals surface area contributed by atoms with Crippen LogP contribution < -0.4 is 0 Å². The Morgan fingerprint density at radius 2 is 2.15 bits per heavy atom. The number of nitrogens with zero attached hydrogens (tertiary/aromatic N) is 3. The summed E-state index contributed by atoms with van der Waals surface area (Å²) < 4.78 is 7.62. The second-order valence-electron chi connectivity index (χ2n) is 7.37. The Morgan fingerprint density at radius 3 is 2.92 bits per heavy atom. The Bertz CT molecular complexity index is 776. The highest BCUT2D eigenvalue weighted by atomic mass is 16.5. The fourth-order valence-electron chi connectivity index (χ4n) is 4.42. The molecule has 1 N–H and O–H groups in total. The third-order valence-corrected chi connectivity index (χ3v) is 5.89. The van der Waals surface area contributed by atoms with Gasteiger partial charge in [-0.15, -0.1) is 0 Å². The van der Waals surface area contributed by atoms with Crippen molar-refractivity contribution in [2.75, 3.05) is 13.7 Å². The predicted octanol–water partition coefficient (Wildman–Crippen LogP) is 2.08. The first-order chi connectivity index (χ1) is 12.6. The van der Waals surface area contributed by atoms with Crippen molar-refractivity contribution >= 4 is 5.91 Å². The minimum Gasteiger partial charge on any atom is -0.393 e. The molecule has 4 rings (SSSR count). The van der Waals surface area contributed by atoms with Crippen LogP contribution in [-0.4, -0.2) is 57.1 Å². The number of likely N-dealkylation sites (tertiary alicyclic amines) is 1. The fraction of sp³-hybridized carbons (Fsp3) is 0.500. The van der Waals surface area contributed by atoms with Crippen LogP contribution in [0, 0.1) is 0 Å². The first kappa shape index (κ1) is 17.2. The number of hydrogen-bond donors (Lipinski definition) is 1. The number of hydrogen-bond acceptors (Lipinski definition) is 4. The summed E-state index contributed by atoms with van der Waals surface area (Å²) in [4.78, 5) is 14.9. The number of carbonyl (C=O) groups excluding carboxylic acids is 1. The third-order valence-electron chi connectivity index (χ3n) is 5.89. The lowest BCUT2D eigenvalue weighted by atomic mass is 9.79. The third kappa shape index (κ3) is 3.04. The molecule has 0 unspecified atom stereocenters. The molecule has 1 saturated heterocycles. The highest BCUT2D eigenvalue weighted by Crippen LogP contribution is 2.42. The minimum atomic E-state index is -0.363. The van der Waals surface area contributed by atoms with E-state index in [4.69, 9.17) is 4.74 Å². The Kier molecular flexibility index (Phi) is 4.54. The normalized spacial score (nSPS) is 28.2. The minimum absolute atomic E-state index is 0.0256. The van der Waals surface area contributed by atoms with E-state index in [0.29, 0.717) is 25.1 Å². The van der Waals surface area contributed by atoms with Gasteiger partial charge in [0, 0.05) is 19.9 Å². The van der Waals surface area contributed by atoms with E-state index in [1.165, 1.54) is 0 Å². The molecule has 0 spiro atoms. The molecule has 0 radical (unpaired) electrons. The quantitative estimate of drug-likeness (QED) is 0.912. The molecule has 1 aliphatic carbocycles. The molecule has 1 aromatic carbocycles. The number of fused-ring (bicyclic) bond motifs is 1. The molecule has 3 atom stereocenters. The molecular formula is C20H25N3O3. The van der Waals surface area contributed by atoms with Gasteiger partial charge in [0.25, 0.3) is 5.91 Å². The lowest BCUT2D eigenvalue weighted by Gasteiger charge is -2.42. The zero-order valence-corrected chi connectivity index (χ0v) is 15.0. The van der Waals surface area contributed by atoms with Crippen molar-refractivity contribution in [3.8, 4) is 0 Å². The summed E-state index contributed by atoms with van der Waals surface area (Å²) in [5, 5.41) is 14.4. The molecule has 1 aromatic heterocycles. The topological polar surface area (TPSA) is 67.6 Å². The lowest BCUT2D eigenvalue weighted by Crippen LogP contribution is -2.52. The fourth-order valence-corrected chi connectivity index (χ4v) is 4.42. The van der Waals surface area contributed by atoms with Gasteiger partial charge in [0.05, 0.1) is 36.1 Å². The molecule has 2 heterocycles. The molecule has 138 valence electrons. The van der Waals surface area contributed by atoms with Gasteiger partial charge >= 0.3 is 0 Å². The molecule has 6 nitrogen and oxygen atoms in total. The monoisotopic (exact) mass is 355 g/mol. The average Bonchev–Trinajstić information content (AvgIpc) is 3.27. The van der Waals surface area contributed by atoms with E-state index in [2.05, 4.69) is 5.10 Å². The maximum absolute atomic E-state index is 13.1. The summed E-state index contributed by atoms with van der Waals surface area (Å²) in [6, 6.07) is 9.98. The maximum atomic E-state index is 13.1. The van der Waals surface area contributed by atoms with Crippen LogP contribution in [0.15, 0.2) is 42.7 Å². The summed E-state index contributed by atoms with van der Waals surface area (Å²) >= 11 is 0. The standard InChI is InChI=1S/C20H25N3O3/c1-26-20-8-7-17(24)11-18(20)23(10-9-20)19(25)16-12-21-22(14-16)13-15-5-3-2-4-6-15/h2-6,12,14,17-18,24H,7-11,13H2,1H3/t17-,18-,20+/m0/s1. The zero-order chi connectivity index (χ0) is 18.1. The number of benzene rings is 1. The first-order valence-electron chi connectivity index (χ1n) is 9.22. The van der Waals surface area contributed by atoms with Gasteiger partial charge in [-0.05, 0) is 31.2 Å². The van der Waals surface area contributed by atoms with E-state index in [0.717, 1.165) is 24.8 Å². The van der Waals surface area contributed by atoms with Gasteiger partial charge in [-0.25, -0.2) is 0 Å². The van der Waals surface area contributed by atoms with Crippen molar-refractivity contribution in [1.82, 2.24) is 14.7 Å². The summed E-state index contributed by atoms with van der Waals surface area (Å²) in [6.45, 7) is 1.30. The number of amides is 1. The number of methoxy groups -OCH3 is 1. The average molecular weight is 355 g/mol. The van der Waals surface area contributed by atoms with E-state index in [1.807, 2.05) is 35.2 Å². The smallest absolute Gasteiger partial charge is 0.257 e. The second-order valence-corrected chi connectivity index (χ2v) is 7.37. The van der Waals surface area contributed by atoms with Gasteiger partial charge in [-0.3, -0.25) is 9.48 Å². The SMILES string of the molecule is CO[C@@]12CC[C@H](O)C[C@@H]1N(C(=O)c1cnn(Cc3ccccc3)c1)CC2. The summed E-state index contributed by atoms with van der Waals surface area (Å²) in [5.74, 6) is -0.0256. The predicted molar refractivity (Wildman–Crippen MR) is 96.8 cm³/mol. The van der Waals surface area contributed by atoms with Gasteiger partial charge in [0.15, 0.2) is 0 Å². The van der Waals surface area contributed by atoms with E-state index in [9.17, 15) is 9.90 Å². The van der Waals surface area contributed by atoms with Crippen LogP contribution in [0.3, 0.4) is 0 Å². The van der Waals surface area contributed by atoms with Crippen molar-refractivity contribution in [3.63, 3.8) is 0 Å². The molecule has 1 amide bonds. The van der Waals surface area contributed by atoms with E-state index >= 15 is 0 Å². The van der Waals surface area contributed by atoms with E-state index < -0.39 is 0 Å². The number of ether oxygens (including phenoxy) is 1. The summed E-state index contributed by atoms with van der Waals surface area (Å²) in [5.41, 5.74) is 1.42. The summed E-state index contributed by atoms with van der Waals surface area (Å²) in [6.07, 6.45) is 6.02. The summed E-state index contributed by atoms with van der Waals surface area (Å²) in [7, 11) is 1.72. The molecule has 2 fully saturated rings. The zero-order valence-electron chi connectivity index (χ0n) is 15.0. The van der Waals surface area contributed by atoms with Gasteiger partial charge in [0.2, 0.25) is 0 Å². The molecule has 6 heteroatoms. The van der Waals surface area contributed by atoms with Gasteiger partial charge in [-0.1, -0.05) is 30.3 Å². The molecule has 1 aliphatic heterocycles. The van der Waals surface area contributed by atoms with Crippen LogP contribution in [0.25, 0.3) is 0 Å².